The maximum Gasteiger partial charge on any atom is 0.226 e. The maximum atomic E-state index is 11.9. The van der Waals surface area contributed by atoms with Gasteiger partial charge in [-0.2, -0.15) is 5.10 Å². The molecule has 0 aliphatic carbocycles. The molecule has 0 spiro atoms. The molecule has 1 aliphatic rings. The first-order chi connectivity index (χ1) is 9.06. The monoisotopic (exact) mass is 255 g/mol. The Bertz CT molecular complexity index is 640. The molecule has 0 saturated heterocycles. The first-order valence-electron chi connectivity index (χ1n) is 6.46. The van der Waals surface area contributed by atoms with Crippen LogP contribution in [0.5, 0.6) is 0 Å². The van der Waals surface area contributed by atoms with Gasteiger partial charge < -0.3 is 5.32 Å². The summed E-state index contributed by atoms with van der Waals surface area (Å²) in [6.45, 7) is 4.07. The zero-order valence-electron chi connectivity index (χ0n) is 11.4. The topological polar surface area (TPSA) is 46.9 Å². The fourth-order valence-corrected chi connectivity index (χ4v) is 2.79. The molecule has 0 bridgehead atoms. The molecule has 2 aromatic rings. The molecule has 0 unspecified atom stereocenters. The summed E-state index contributed by atoms with van der Waals surface area (Å²) in [6, 6.07) is 8.39. The minimum absolute atomic E-state index is 0.0566. The standard InChI is InChI=1S/C15H17N3O/c1-9-4-6-11(7-5-9)12-8-13(19)16-15-14(12)10(2)17-18(15)3/h4-7,12H,8H2,1-3H3,(H,16,19)/t12-/m0/s1. The lowest BCUT2D eigenvalue weighted by Gasteiger charge is -2.24. The number of nitrogens with one attached hydrogen (secondary N) is 1. The van der Waals surface area contributed by atoms with E-state index in [1.54, 1.807) is 4.68 Å². The summed E-state index contributed by atoms with van der Waals surface area (Å²) in [5, 5.41) is 7.34. The van der Waals surface area contributed by atoms with E-state index in [0.717, 1.165) is 17.1 Å². The summed E-state index contributed by atoms with van der Waals surface area (Å²) < 4.78 is 1.75. The zero-order valence-corrected chi connectivity index (χ0v) is 11.4. The van der Waals surface area contributed by atoms with Crippen molar-refractivity contribution in [1.29, 1.82) is 0 Å². The van der Waals surface area contributed by atoms with Crippen molar-refractivity contribution in [3.8, 4) is 0 Å². The van der Waals surface area contributed by atoms with Gasteiger partial charge in [0.1, 0.15) is 5.82 Å². The van der Waals surface area contributed by atoms with Gasteiger partial charge in [0.25, 0.3) is 0 Å². The van der Waals surface area contributed by atoms with Crippen LogP contribution in [-0.4, -0.2) is 15.7 Å². The highest BCUT2D eigenvalue weighted by molar-refractivity contribution is 5.94. The first kappa shape index (κ1) is 12.0. The summed E-state index contributed by atoms with van der Waals surface area (Å²) in [4.78, 5) is 11.9. The maximum absolute atomic E-state index is 11.9. The second-order valence-electron chi connectivity index (χ2n) is 5.19. The van der Waals surface area contributed by atoms with Gasteiger partial charge in [-0.25, -0.2) is 0 Å². The van der Waals surface area contributed by atoms with Crippen molar-refractivity contribution >= 4 is 11.7 Å². The normalized spacial score (nSPS) is 18.1. The minimum Gasteiger partial charge on any atom is -0.311 e. The van der Waals surface area contributed by atoms with Crippen LogP contribution in [0.3, 0.4) is 0 Å². The average Bonchev–Trinajstić information content (AvgIpc) is 2.65. The zero-order chi connectivity index (χ0) is 13.6. The van der Waals surface area contributed by atoms with Crippen LogP contribution in [0.25, 0.3) is 0 Å². The molecule has 1 aromatic carbocycles. The lowest BCUT2D eigenvalue weighted by molar-refractivity contribution is -0.116. The number of fused-ring (bicyclic) bond motifs is 1. The van der Waals surface area contributed by atoms with Gasteiger partial charge in [0, 0.05) is 24.9 Å². The van der Waals surface area contributed by atoms with E-state index in [2.05, 4.69) is 41.6 Å². The quantitative estimate of drug-likeness (QED) is 0.851. The molecule has 0 radical (unpaired) electrons. The average molecular weight is 255 g/mol. The molecule has 0 saturated carbocycles. The van der Waals surface area contributed by atoms with Gasteiger partial charge in [0.2, 0.25) is 5.91 Å². The summed E-state index contributed by atoms with van der Waals surface area (Å²) in [6.07, 6.45) is 0.489. The second-order valence-corrected chi connectivity index (χ2v) is 5.19. The number of nitrogens with zero attached hydrogens (tertiary/aromatic N) is 2. The SMILES string of the molecule is Cc1ccc([C@@H]2CC(=O)Nc3c2c(C)nn3C)cc1. The Morgan fingerprint density at radius 1 is 1.26 bits per heavy atom. The van der Waals surface area contributed by atoms with E-state index in [1.165, 1.54) is 11.1 Å². The van der Waals surface area contributed by atoms with E-state index >= 15 is 0 Å². The molecule has 3 rings (SSSR count). The van der Waals surface area contributed by atoms with Crippen LogP contribution < -0.4 is 5.32 Å². The van der Waals surface area contributed by atoms with E-state index < -0.39 is 0 Å². The van der Waals surface area contributed by atoms with Crippen molar-refractivity contribution < 1.29 is 4.79 Å². The number of aryl methyl sites for hydroxylation is 3. The molecule has 4 nitrogen and oxygen atoms in total. The van der Waals surface area contributed by atoms with E-state index in [1.807, 2.05) is 14.0 Å². The predicted octanol–water partition coefficient (Wildman–Crippen LogP) is 2.51. The molecular weight excluding hydrogens is 238 g/mol. The third-order valence-electron chi connectivity index (χ3n) is 3.74. The molecule has 1 aliphatic heterocycles. The lowest BCUT2D eigenvalue weighted by atomic mass is 9.85. The lowest BCUT2D eigenvalue weighted by Crippen LogP contribution is -2.24. The van der Waals surface area contributed by atoms with Crippen LogP contribution in [0, 0.1) is 13.8 Å². The van der Waals surface area contributed by atoms with Crippen LogP contribution in [-0.2, 0) is 11.8 Å². The number of benzene rings is 1. The van der Waals surface area contributed by atoms with Crippen molar-refractivity contribution in [2.24, 2.45) is 7.05 Å². The molecule has 1 aromatic heterocycles. The number of hydrogen-bond acceptors (Lipinski definition) is 2. The Kier molecular flexibility index (Phi) is 2.66. The predicted molar refractivity (Wildman–Crippen MR) is 74.2 cm³/mol. The minimum atomic E-state index is 0.0566. The Hall–Kier alpha value is -2.10. The highest BCUT2D eigenvalue weighted by Gasteiger charge is 2.31. The van der Waals surface area contributed by atoms with Crippen molar-refractivity contribution in [3.05, 3.63) is 46.6 Å². The smallest absolute Gasteiger partial charge is 0.226 e. The van der Waals surface area contributed by atoms with Gasteiger partial charge in [-0.05, 0) is 19.4 Å². The van der Waals surface area contributed by atoms with Gasteiger partial charge in [-0.1, -0.05) is 29.8 Å². The Balaban J connectivity index is 2.13. The highest BCUT2D eigenvalue weighted by Crippen LogP contribution is 2.38. The molecule has 4 heteroatoms. The Morgan fingerprint density at radius 2 is 1.95 bits per heavy atom. The highest BCUT2D eigenvalue weighted by atomic mass is 16.1. The Labute approximate surface area is 112 Å². The van der Waals surface area contributed by atoms with E-state index in [-0.39, 0.29) is 11.8 Å². The molecule has 19 heavy (non-hydrogen) atoms. The summed E-state index contributed by atoms with van der Waals surface area (Å²) >= 11 is 0. The van der Waals surface area contributed by atoms with Gasteiger partial charge in [0.05, 0.1) is 5.69 Å². The van der Waals surface area contributed by atoms with Crippen LogP contribution in [0.4, 0.5) is 5.82 Å². The van der Waals surface area contributed by atoms with Crippen molar-refractivity contribution in [1.82, 2.24) is 9.78 Å². The number of aromatic nitrogens is 2. The van der Waals surface area contributed by atoms with E-state index in [9.17, 15) is 4.79 Å². The van der Waals surface area contributed by atoms with Gasteiger partial charge in [-0.15, -0.1) is 0 Å². The van der Waals surface area contributed by atoms with E-state index in [4.69, 9.17) is 0 Å². The summed E-state index contributed by atoms with van der Waals surface area (Å²) in [7, 11) is 1.86. The van der Waals surface area contributed by atoms with Crippen LogP contribution >= 0.6 is 0 Å². The number of carbonyl (C=O) groups excluding carboxylic acids is 1. The number of amides is 1. The van der Waals surface area contributed by atoms with Crippen molar-refractivity contribution in [2.75, 3.05) is 5.32 Å². The number of anilines is 1. The van der Waals surface area contributed by atoms with Gasteiger partial charge in [-0.3, -0.25) is 9.48 Å². The fourth-order valence-electron chi connectivity index (χ4n) is 2.79. The first-order valence-corrected chi connectivity index (χ1v) is 6.46. The van der Waals surface area contributed by atoms with Crippen LogP contribution in [0.1, 0.15) is 34.7 Å². The second kappa shape index (κ2) is 4.23. The van der Waals surface area contributed by atoms with Crippen LogP contribution in [0.2, 0.25) is 0 Å². The molecule has 1 N–H and O–H groups in total. The number of carbonyl (C=O) groups is 1. The summed E-state index contributed by atoms with van der Waals surface area (Å²) in [5.74, 6) is 0.999. The number of rotatable bonds is 1. The van der Waals surface area contributed by atoms with Crippen molar-refractivity contribution in [2.45, 2.75) is 26.2 Å². The molecule has 1 amide bonds. The fraction of sp³-hybridized carbons (Fsp3) is 0.333. The third kappa shape index (κ3) is 1.93. The van der Waals surface area contributed by atoms with Gasteiger partial charge in [0.15, 0.2) is 0 Å². The molecule has 2 heterocycles. The molecular formula is C15H17N3O. The van der Waals surface area contributed by atoms with E-state index in [0.29, 0.717) is 6.42 Å². The van der Waals surface area contributed by atoms with Gasteiger partial charge >= 0.3 is 0 Å². The Morgan fingerprint density at radius 3 is 2.63 bits per heavy atom. The van der Waals surface area contributed by atoms with Crippen LogP contribution in [0.15, 0.2) is 24.3 Å². The molecule has 98 valence electrons. The third-order valence-corrected chi connectivity index (χ3v) is 3.74. The molecule has 0 fully saturated rings. The number of hydrogen-bond donors (Lipinski definition) is 1. The van der Waals surface area contributed by atoms with Crippen molar-refractivity contribution in [3.63, 3.8) is 0 Å². The largest absolute Gasteiger partial charge is 0.311 e. The summed E-state index contributed by atoms with van der Waals surface area (Å²) in [5.41, 5.74) is 4.54. The molecule has 1 atom stereocenters.